The normalized spacial score (nSPS) is 15.2. The second-order valence-corrected chi connectivity index (χ2v) is 7.24. The minimum atomic E-state index is -0.0818. The lowest BCUT2D eigenvalue weighted by molar-refractivity contribution is -0.133. The lowest BCUT2D eigenvalue weighted by Crippen LogP contribution is -2.50. The topological polar surface area (TPSA) is 58.4 Å². The second-order valence-electron chi connectivity index (χ2n) is 6.21. The maximum atomic E-state index is 12.8. The smallest absolute Gasteiger partial charge is 0.264 e. The Bertz CT molecular complexity index is 960. The number of thiophene rings is 1. The van der Waals surface area contributed by atoms with E-state index in [1.54, 1.807) is 16.8 Å². The van der Waals surface area contributed by atoms with Crippen LogP contribution in [0.15, 0.2) is 36.4 Å². The van der Waals surface area contributed by atoms with Gasteiger partial charge >= 0.3 is 0 Å². The van der Waals surface area contributed by atoms with Crippen LogP contribution in [0.4, 0.5) is 0 Å². The molecule has 3 aromatic rings. The SMILES string of the molecule is CN1CCN(C(=O)c2cc3c(-c4ccccc4)nn(C)c3s2)CC1=O. The van der Waals surface area contributed by atoms with Crippen LogP contribution in [-0.2, 0) is 11.8 Å². The fraction of sp³-hybridized carbons (Fsp3) is 0.278. The lowest BCUT2D eigenvalue weighted by Gasteiger charge is -2.31. The fourth-order valence-electron chi connectivity index (χ4n) is 3.04. The number of aryl methyl sites for hydroxylation is 1. The van der Waals surface area contributed by atoms with Crippen LogP contribution in [0.3, 0.4) is 0 Å². The highest BCUT2D eigenvalue weighted by Gasteiger charge is 2.27. The summed E-state index contributed by atoms with van der Waals surface area (Å²) in [4.78, 5) is 29.6. The van der Waals surface area contributed by atoms with E-state index in [0.29, 0.717) is 18.0 Å². The van der Waals surface area contributed by atoms with Crippen LogP contribution in [-0.4, -0.2) is 58.1 Å². The molecule has 2 aromatic heterocycles. The molecule has 0 aliphatic carbocycles. The molecule has 0 N–H and O–H groups in total. The number of hydrogen-bond acceptors (Lipinski definition) is 4. The van der Waals surface area contributed by atoms with Crippen molar-refractivity contribution in [3.05, 3.63) is 41.3 Å². The summed E-state index contributed by atoms with van der Waals surface area (Å²) in [7, 11) is 3.65. The van der Waals surface area contributed by atoms with Crippen molar-refractivity contribution in [1.82, 2.24) is 19.6 Å². The molecular weight excluding hydrogens is 336 g/mol. The Kier molecular flexibility index (Phi) is 3.80. The molecule has 1 aromatic carbocycles. The predicted molar refractivity (Wildman–Crippen MR) is 97.6 cm³/mol. The molecule has 2 amide bonds. The average molecular weight is 354 g/mol. The third-order valence-corrected chi connectivity index (χ3v) is 5.70. The standard InChI is InChI=1S/C18H18N4O2S/c1-20-8-9-22(11-15(20)23)17(24)14-10-13-16(12-6-4-3-5-7-12)19-21(2)18(13)25-14/h3-7,10H,8-9,11H2,1-2H3. The van der Waals surface area contributed by atoms with Crippen LogP contribution in [0.2, 0.25) is 0 Å². The number of rotatable bonds is 2. The number of carbonyl (C=O) groups is 2. The molecule has 3 heterocycles. The van der Waals surface area contributed by atoms with Gasteiger partial charge in [0.25, 0.3) is 5.91 Å². The van der Waals surface area contributed by atoms with E-state index >= 15 is 0 Å². The molecule has 0 atom stereocenters. The highest BCUT2D eigenvalue weighted by atomic mass is 32.1. The summed E-state index contributed by atoms with van der Waals surface area (Å²) in [5.41, 5.74) is 1.91. The number of nitrogens with zero attached hydrogens (tertiary/aromatic N) is 4. The van der Waals surface area contributed by atoms with Crippen molar-refractivity contribution < 1.29 is 9.59 Å². The number of piperazine rings is 1. The van der Waals surface area contributed by atoms with Crippen molar-refractivity contribution in [2.24, 2.45) is 7.05 Å². The summed E-state index contributed by atoms with van der Waals surface area (Å²) in [6, 6.07) is 11.9. The van der Waals surface area contributed by atoms with Gasteiger partial charge in [-0.05, 0) is 6.07 Å². The summed E-state index contributed by atoms with van der Waals surface area (Å²) in [6.07, 6.45) is 0. The Morgan fingerprint density at radius 3 is 2.64 bits per heavy atom. The summed E-state index contributed by atoms with van der Waals surface area (Å²) < 4.78 is 1.81. The van der Waals surface area contributed by atoms with Gasteiger partial charge in [0.05, 0.1) is 4.88 Å². The molecule has 25 heavy (non-hydrogen) atoms. The van der Waals surface area contributed by atoms with E-state index in [1.807, 2.05) is 48.1 Å². The molecular formula is C18H18N4O2S. The molecule has 7 heteroatoms. The van der Waals surface area contributed by atoms with Gasteiger partial charge in [0, 0.05) is 38.1 Å². The molecule has 0 saturated carbocycles. The number of likely N-dealkylation sites (N-methyl/N-ethyl adjacent to an activating group) is 1. The molecule has 1 saturated heterocycles. The second kappa shape index (κ2) is 6.00. The van der Waals surface area contributed by atoms with Crippen LogP contribution >= 0.6 is 11.3 Å². The van der Waals surface area contributed by atoms with Crippen molar-refractivity contribution >= 4 is 33.4 Å². The van der Waals surface area contributed by atoms with Gasteiger partial charge in [0.2, 0.25) is 5.91 Å². The van der Waals surface area contributed by atoms with E-state index < -0.39 is 0 Å². The van der Waals surface area contributed by atoms with Gasteiger partial charge in [0.15, 0.2) is 0 Å². The van der Waals surface area contributed by atoms with Gasteiger partial charge in [0.1, 0.15) is 17.1 Å². The van der Waals surface area contributed by atoms with E-state index in [-0.39, 0.29) is 18.4 Å². The van der Waals surface area contributed by atoms with Crippen molar-refractivity contribution in [2.45, 2.75) is 0 Å². The highest BCUT2D eigenvalue weighted by Crippen LogP contribution is 2.34. The minimum Gasteiger partial charge on any atom is -0.342 e. The van der Waals surface area contributed by atoms with Gasteiger partial charge in [-0.3, -0.25) is 14.3 Å². The molecule has 1 aliphatic rings. The molecule has 0 radical (unpaired) electrons. The van der Waals surface area contributed by atoms with Crippen LogP contribution in [0.5, 0.6) is 0 Å². The largest absolute Gasteiger partial charge is 0.342 e. The summed E-state index contributed by atoms with van der Waals surface area (Å²) in [5, 5.41) is 5.57. The highest BCUT2D eigenvalue weighted by molar-refractivity contribution is 7.20. The third kappa shape index (κ3) is 2.70. The number of hydrogen-bond donors (Lipinski definition) is 0. The molecule has 128 valence electrons. The van der Waals surface area contributed by atoms with E-state index in [4.69, 9.17) is 0 Å². The number of aromatic nitrogens is 2. The lowest BCUT2D eigenvalue weighted by atomic mass is 10.1. The predicted octanol–water partition coefficient (Wildman–Crippen LogP) is 2.22. The molecule has 6 nitrogen and oxygen atoms in total. The Morgan fingerprint density at radius 2 is 1.92 bits per heavy atom. The quantitative estimate of drug-likeness (QED) is 0.709. The van der Waals surface area contributed by atoms with Gasteiger partial charge < -0.3 is 9.80 Å². The Balaban J connectivity index is 1.70. The van der Waals surface area contributed by atoms with E-state index in [9.17, 15) is 9.59 Å². The zero-order valence-electron chi connectivity index (χ0n) is 14.1. The maximum Gasteiger partial charge on any atom is 0.264 e. The fourth-order valence-corrected chi connectivity index (χ4v) is 4.08. The monoisotopic (exact) mass is 354 g/mol. The van der Waals surface area contributed by atoms with Crippen LogP contribution < -0.4 is 0 Å². The van der Waals surface area contributed by atoms with Gasteiger partial charge in [-0.1, -0.05) is 30.3 Å². The molecule has 1 aliphatic heterocycles. The Morgan fingerprint density at radius 1 is 1.16 bits per heavy atom. The maximum absolute atomic E-state index is 12.8. The van der Waals surface area contributed by atoms with Crippen molar-refractivity contribution in [2.75, 3.05) is 26.7 Å². The van der Waals surface area contributed by atoms with Crippen molar-refractivity contribution in [3.63, 3.8) is 0 Å². The van der Waals surface area contributed by atoms with Crippen molar-refractivity contribution in [3.8, 4) is 11.3 Å². The summed E-state index contributed by atoms with van der Waals surface area (Å²) in [6.45, 7) is 1.29. The van der Waals surface area contributed by atoms with Gasteiger partial charge in [-0.2, -0.15) is 5.10 Å². The first kappa shape index (κ1) is 15.8. The zero-order chi connectivity index (χ0) is 17.6. The van der Waals surface area contributed by atoms with Crippen LogP contribution in [0, 0.1) is 0 Å². The first-order chi connectivity index (χ1) is 12.0. The van der Waals surface area contributed by atoms with E-state index in [1.165, 1.54) is 11.3 Å². The van der Waals surface area contributed by atoms with Gasteiger partial charge in [-0.25, -0.2) is 0 Å². The Hall–Kier alpha value is -2.67. The minimum absolute atomic E-state index is 0.0210. The zero-order valence-corrected chi connectivity index (χ0v) is 14.9. The Labute approximate surface area is 149 Å². The number of carbonyl (C=O) groups excluding carboxylic acids is 2. The number of amides is 2. The molecule has 4 rings (SSSR count). The van der Waals surface area contributed by atoms with Crippen LogP contribution in [0.1, 0.15) is 9.67 Å². The first-order valence-corrected chi connectivity index (χ1v) is 8.91. The molecule has 0 spiro atoms. The van der Waals surface area contributed by atoms with Crippen LogP contribution in [0.25, 0.3) is 21.5 Å². The molecule has 0 bridgehead atoms. The molecule has 1 fully saturated rings. The number of fused-ring (bicyclic) bond motifs is 1. The van der Waals surface area contributed by atoms with Crippen molar-refractivity contribution in [1.29, 1.82) is 0 Å². The third-order valence-electron chi connectivity index (χ3n) is 4.51. The first-order valence-electron chi connectivity index (χ1n) is 8.10. The number of benzene rings is 1. The van der Waals surface area contributed by atoms with E-state index in [2.05, 4.69) is 5.10 Å². The molecule has 0 unspecified atom stereocenters. The summed E-state index contributed by atoms with van der Waals surface area (Å²) >= 11 is 1.43. The van der Waals surface area contributed by atoms with Gasteiger partial charge in [-0.15, -0.1) is 11.3 Å². The van der Waals surface area contributed by atoms with E-state index in [0.717, 1.165) is 21.5 Å². The average Bonchev–Trinajstić information content (AvgIpc) is 3.18. The summed E-state index contributed by atoms with van der Waals surface area (Å²) in [5.74, 6) is -0.103.